The zero-order valence-corrected chi connectivity index (χ0v) is 12.7. The molecule has 0 N–H and O–H groups in total. The standard InChI is InChI=1S/C17H13FN2O4/c1-11-2-7-15(14(8-11)20(21)22)23-10-17-19-9-16(24-17)12-3-5-13(18)6-4-12/h2-9H,10H2,1H3. The van der Waals surface area contributed by atoms with Crippen molar-refractivity contribution in [1.82, 2.24) is 4.98 Å². The second kappa shape index (κ2) is 6.49. The summed E-state index contributed by atoms with van der Waals surface area (Å²) in [7, 11) is 0. The van der Waals surface area contributed by atoms with E-state index in [0.29, 0.717) is 11.3 Å². The minimum absolute atomic E-state index is 0.0505. The summed E-state index contributed by atoms with van der Waals surface area (Å²) in [6.45, 7) is 1.71. The molecular weight excluding hydrogens is 315 g/mol. The van der Waals surface area contributed by atoms with Crippen LogP contribution in [0, 0.1) is 22.9 Å². The molecule has 0 fully saturated rings. The van der Waals surface area contributed by atoms with E-state index in [-0.39, 0.29) is 29.8 Å². The number of nitro benzene ring substituents is 1. The Morgan fingerprint density at radius 2 is 2.00 bits per heavy atom. The van der Waals surface area contributed by atoms with Crippen LogP contribution in [0.4, 0.5) is 10.1 Å². The lowest BCUT2D eigenvalue weighted by molar-refractivity contribution is -0.386. The number of halogens is 1. The molecule has 2 aromatic carbocycles. The average Bonchev–Trinajstić information content (AvgIpc) is 3.03. The highest BCUT2D eigenvalue weighted by molar-refractivity contribution is 5.56. The van der Waals surface area contributed by atoms with Crippen molar-refractivity contribution in [3.63, 3.8) is 0 Å². The van der Waals surface area contributed by atoms with Crippen LogP contribution in [0.3, 0.4) is 0 Å². The minimum atomic E-state index is -0.498. The van der Waals surface area contributed by atoms with E-state index >= 15 is 0 Å². The van der Waals surface area contributed by atoms with Gasteiger partial charge in [-0.05, 0) is 42.8 Å². The third-order valence-corrected chi connectivity index (χ3v) is 3.34. The molecule has 0 aliphatic carbocycles. The molecule has 0 spiro atoms. The van der Waals surface area contributed by atoms with Gasteiger partial charge < -0.3 is 9.15 Å². The summed E-state index contributed by atoms with van der Waals surface area (Å²) in [5.74, 6) is 0.539. The van der Waals surface area contributed by atoms with Crippen LogP contribution < -0.4 is 4.74 Å². The van der Waals surface area contributed by atoms with Crippen molar-refractivity contribution < 1.29 is 18.5 Å². The van der Waals surface area contributed by atoms with E-state index in [2.05, 4.69) is 4.98 Å². The van der Waals surface area contributed by atoms with Gasteiger partial charge in [0.15, 0.2) is 18.1 Å². The Bertz CT molecular complexity index is 875. The van der Waals surface area contributed by atoms with Gasteiger partial charge in [-0.15, -0.1) is 0 Å². The van der Waals surface area contributed by atoms with E-state index < -0.39 is 4.92 Å². The van der Waals surface area contributed by atoms with Gasteiger partial charge in [0, 0.05) is 11.6 Å². The molecule has 0 bridgehead atoms. The number of rotatable bonds is 5. The molecule has 0 unspecified atom stereocenters. The predicted octanol–water partition coefficient (Wildman–Crippen LogP) is 4.28. The summed E-state index contributed by atoms with van der Waals surface area (Å²) < 4.78 is 23.9. The molecule has 0 aliphatic heterocycles. The summed E-state index contributed by atoms with van der Waals surface area (Å²) in [5, 5.41) is 11.1. The highest BCUT2D eigenvalue weighted by atomic mass is 19.1. The fraction of sp³-hybridized carbons (Fsp3) is 0.118. The number of ether oxygens (including phenoxy) is 1. The van der Waals surface area contributed by atoms with Gasteiger partial charge >= 0.3 is 5.69 Å². The van der Waals surface area contributed by atoms with Crippen molar-refractivity contribution in [2.24, 2.45) is 0 Å². The number of hydrogen-bond acceptors (Lipinski definition) is 5. The smallest absolute Gasteiger partial charge is 0.311 e. The van der Waals surface area contributed by atoms with Crippen LogP contribution >= 0.6 is 0 Å². The summed E-state index contributed by atoms with van der Waals surface area (Å²) >= 11 is 0. The molecule has 0 atom stereocenters. The van der Waals surface area contributed by atoms with Crippen LogP contribution in [0.1, 0.15) is 11.5 Å². The molecule has 0 amide bonds. The molecule has 24 heavy (non-hydrogen) atoms. The Morgan fingerprint density at radius 1 is 1.25 bits per heavy atom. The third kappa shape index (κ3) is 3.40. The average molecular weight is 328 g/mol. The lowest BCUT2D eigenvalue weighted by Crippen LogP contribution is -1.99. The molecule has 122 valence electrons. The first-order valence-corrected chi connectivity index (χ1v) is 7.11. The zero-order valence-electron chi connectivity index (χ0n) is 12.7. The van der Waals surface area contributed by atoms with Crippen LogP contribution in [-0.4, -0.2) is 9.91 Å². The maximum absolute atomic E-state index is 12.9. The molecule has 7 heteroatoms. The van der Waals surface area contributed by atoms with Crippen LogP contribution in [0.2, 0.25) is 0 Å². The van der Waals surface area contributed by atoms with Gasteiger partial charge in [-0.3, -0.25) is 10.1 Å². The quantitative estimate of drug-likeness (QED) is 0.516. The molecular formula is C17H13FN2O4. The number of hydrogen-bond donors (Lipinski definition) is 0. The van der Waals surface area contributed by atoms with Crippen LogP contribution in [0.25, 0.3) is 11.3 Å². The lowest BCUT2D eigenvalue weighted by Gasteiger charge is -2.05. The molecule has 1 aromatic heterocycles. The van der Waals surface area contributed by atoms with Gasteiger partial charge in [0.25, 0.3) is 0 Å². The Morgan fingerprint density at radius 3 is 2.71 bits per heavy atom. The van der Waals surface area contributed by atoms with Crippen LogP contribution in [0.15, 0.2) is 53.1 Å². The fourth-order valence-electron chi connectivity index (χ4n) is 2.16. The molecule has 0 radical (unpaired) electrons. The zero-order chi connectivity index (χ0) is 17.1. The fourth-order valence-corrected chi connectivity index (χ4v) is 2.16. The predicted molar refractivity (Wildman–Crippen MR) is 84.1 cm³/mol. The van der Waals surface area contributed by atoms with E-state index in [1.165, 1.54) is 30.5 Å². The number of benzene rings is 2. The molecule has 3 rings (SSSR count). The normalized spacial score (nSPS) is 10.6. The molecule has 0 saturated carbocycles. The first-order valence-electron chi connectivity index (χ1n) is 7.11. The van der Waals surface area contributed by atoms with E-state index in [4.69, 9.17) is 9.15 Å². The molecule has 0 aliphatic rings. The Kier molecular flexibility index (Phi) is 4.24. The second-order valence-corrected chi connectivity index (χ2v) is 5.14. The monoisotopic (exact) mass is 328 g/mol. The van der Waals surface area contributed by atoms with Crippen molar-refractivity contribution in [3.8, 4) is 17.1 Å². The van der Waals surface area contributed by atoms with Crippen LogP contribution in [0.5, 0.6) is 5.75 Å². The number of nitro groups is 1. The SMILES string of the molecule is Cc1ccc(OCc2ncc(-c3ccc(F)cc3)o2)c([N+](=O)[O-])c1. The van der Waals surface area contributed by atoms with E-state index in [1.807, 2.05) is 0 Å². The van der Waals surface area contributed by atoms with Crippen LogP contribution in [-0.2, 0) is 6.61 Å². The minimum Gasteiger partial charge on any atom is -0.477 e. The Labute approximate surface area is 136 Å². The molecule has 0 saturated heterocycles. The number of nitrogens with zero attached hydrogens (tertiary/aromatic N) is 2. The van der Waals surface area contributed by atoms with Gasteiger partial charge in [0.2, 0.25) is 5.89 Å². The van der Waals surface area contributed by atoms with Crippen molar-refractivity contribution in [2.75, 3.05) is 0 Å². The maximum Gasteiger partial charge on any atom is 0.311 e. The van der Waals surface area contributed by atoms with Gasteiger partial charge in [0.1, 0.15) is 5.82 Å². The van der Waals surface area contributed by atoms with Gasteiger partial charge in [-0.1, -0.05) is 6.07 Å². The highest BCUT2D eigenvalue weighted by Crippen LogP contribution is 2.29. The first-order chi connectivity index (χ1) is 11.5. The number of oxazole rings is 1. The molecule has 1 heterocycles. The largest absolute Gasteiger partial charge is 0.477 e. The van der Waals surface area contributed by atoms with Gasteiger partial charge in [-0.2, -0.15) is 0 Å². The van der Waals surface area contributed by atoms with Crippen molar-refractivity contribution >= 4 is 5.69 Å². The molecule has 3 aromatic rings. The van der Waals surface area contributed by atoms with Crippen molar-refractivity contribution in [2.45, 2.75) is 13.5 Å². The number of aryl methyl sites for hydroxylation is 1. The summed E-state index contributed by atoms with van der Waals surface area (Å²) in [6.07, 6.45) is 1.50. The Hall–Kier alpha value is -3.22. The van der Waals surface area contributed by atoms with E-state index in [0.717, 1.165) is 5.56 Å². The Balaban J connectivity index is 1.74. The summed E-state index contributed by atoms with van der Waals surface area (Å²) in [4.78, 5) is 14.6. The van der Waals surface area contributed by atoms with Crippen molar-refractivity contribution in [3.05, 3.63) is 76.0 Å². The van der Waals surface area contributed by atoms with Gasteiger partial charge in [-0.25, -0.2) is 9.37 Å². The maximum atomic E-state index is 12.9. The topological polar surface area (TPSA) is 78.4 Å². The number of aromatic nitrogens is 1. The summed E-state index contributed by atoms with van der Waals surface area (Å²) in [5.41, 5.74) is 1.33. The third-order valence-electron chi connectivity index (χ3n) is 3.34. The van der Waals surface area contributed by atoms with E-state index in [9.17, 15) is 14.5 Å². The van der Waals surface area contributed by atoms with E-state index in [1.54, 1.807) is 25.1 Å². The van der Waals surface area contributed by atoms with Gasteiger partial charge in [0.05, 0.1) is 11.1 Å². The molecule has 6 nitrogen and oxygen atoms in total. The summed E-state index contributed by atoms with van der Waals surface area (Å²) in [6, 6.07) is 10.5. The first kappa shape index (κ1) is 15.7. The lowest BCUT2D eigenvalue weighted by atomic mass is 10.2. The second-order valence-electron chi connectivity index (χ2n) is 5.14. The highest BCUT2D eigenvalue weighted by Gasteiger charge is 2.16. The van der Waals surface area contributed by atoms with Crippen molar-refractivity contribution in [1.29, 1.82) is 0 Å².